The normalized spacial score (nSPS) is 16.2. The van der Waals surface area contributed by atoms with Crippen LogP contribution in [0.15, 0.2) is 4.99 Å². The lowest BCUT2D eigenvalue weighted by atomic mass is 10.0. The third-order valence-corrected chi connectivity index (χ3v) is 12.2. The van der Waals surface area contributed by atoms with E-state index in [2.05, 4.69) is 52.1 Å². The molecule has 0 aromatic heterocycles. The Morgan fingerprint density at radius 2 is 0.883 bits per heavy atom. The van der Waals surface area contributed by atoms with Crippen LogP contribution in [0.2, 0.25) is 0 Å². The fourth-order valence-electron chi connectivity index (χ4n) is 7.34. The van der Waals surface area contributed by atoms with Gasteiger partial charge in [0.25, 0.3) is 0 Å². The van der Waals surface area contributed by atoms with Gasteiger partial charge >= 0.3 is 13.8 Å². The van der Waals surface area contributed by atoms with Gasteiger partial charge in [-0.05, 0) is 124 Å². The lowest BCUT2D eigenvalue weighted by Crippen LogP contribution is -2.63. The number of phosphoric ester groups is 1. The number of hydrogen-bond acceptors (Lipinski definition) is 18. The number of aliphatic carboxylic acids is 1. The van der Waals surface area contributed by atoms with Gasteiger partial charge in [-0.1, -0.05) is 20.3 Å². The van der Waals surface area contributed by atoms with Crippen LogP contribution < -0.4 is 76.9 Å². The van der Waals surface area contributed by atoms with Crippen LogP contribution in [0.4, 0.5) is 0 Å². The first-order valence-corrected chi connectivity index (χ1v) is 27.1. The van der Waals surface area contributed by atoms with E-state index in [1.165, 1.54) is 13.8 Å². The second kappa shape index (κ2) is 37.2. The number of carbonyl (C=O) groups is 9. The topological polar surface area (TPSA) is 546 Å². The van der Waals surface area contributed by atoms with E-state index in [0.29, 0.717) is 32.2 Å². The Hall–Kier alpha value is -5.63. The molecule has 32 heteroatoms. The zero-order valence-electron chi connectivity index (χ0n) is 44.9. The Morgan fingerprint density at radius 1 is 0.506 bits per heavy atom. The maximum absolute atomic E-state index is 14.2. The molecule has 8 amide bonds. The molecule has 0 spiro atoms. The molecule has 0 radical (unpaired) electrons. The minimum absolute atomic E-state index is 0.0208. The first-order valence-electron chi connectivity index (χ1n) is 25.6. The van der Waals surface area contributed by atoms with Crippen molar-refractivity contribution in [2.75, 3.05) is 26.2 Å². The van der Waals surface area contributed by atoms with Gasteiger partial charge in [0, 0.05) is 6.54 Å². The van der Waals surface area contributed by atoms with E-state index >= 15 is 0 Å². The zero-order chi connectivity index (χ0) is 59.2. The molecule has 0 heterocycles. The number of amides is 8. The number of hydrogen-bond donors (Lipinski definition) is 19. The Balaban J connectivity index is 6.87. The number of nitrogens with one attached hydrogen (secondary N) is 8. The molecular weight excluding hydrogens is 1040 g/mol. The van der Waals surface area contributed by atoms with Crippen molar-refractivity contribution in [1.29, 1.82) is 0 Å². The smallest absolute Gasteiger partial charge is 0.469 e. The number of carboxylic acids is 1. The van der Waals surface area contributed by atoms with Crippen molar-refractivity contribution in [1.82, 2.24) is 42.5 Å². The van der Waals surface area contributed by atoms with Crippen LogP contribution in [0.25, 0.3) is 0 Å². The number of nitrogens with zero attached hydrogens (tertiary/aromatic N) is 1. The van der Waals surface area contributed by atoms with Crippen LogP contribution in [0.1, 0.15) is 119 Å². The van der Waals surface area contributed by atoms with Gasteiger partial charge in [0.15, 0.2) is 5.96 Å². The van der Waals surface area contributed by atoms with Gasteiger partial charge in [0.05, 0.1) is 24.4 Å². The Bertz CT molecular complexity index is 1980. The van der Waals surface area contributed by atoms with E-state index in [9.17, 15) is 72.8 Å². The van der Waals surface area contributed by atoms with Gasteiger partial charge < -0.3 is 102 Å². The molecule has 0 aromatic rings. The summed E-state index contributed by atoms with van der Waals surface area (Å²) in [7, 11) is -5.34. The minimum Gasteiger partial charge on any atom is -0.480 e. The van der Waals surface area contributed by atoms with E-state index < -0.39 is 134 Å². The maximum atomic E-state index is 14.2. The number of phosphoric acid groups is 1. The summed E-state index contributed by atoms with van der Waals surface area (Å²) in [6.07, 6.45) is -2.91. The molecule has 0 aliphatic heterocycles. The summed E-state index contributed by atoms with van der Waals surface area (Å²) >= 11 is 0. The van der Waals surface area contributed by atoms with E-state index in [1.807, 2.05) is 0 Å². The average molecular weight is 1130 g/mol. The molecule has 0 aliphatic rings. The summed E-state index contributed by atoms with van der Waals surface area (Å²) in [5, 5.41) is 50.1. The van der Waals surface area contributed by atoms with Crippen LogP contribution >= 0.6 is 7.82 Å². The highest BCUT2D eigenvalue weighted by molar-refractivity contribution is 7.46. The molecule has 12 atom stereocenters. The van der Waals surface area contributed by atoms with Crippen LogP contribution in [0.3, 0.4) is 0 Å². The average Bonchev–Trinajstić information content (AvgIpc) is 3.32. The predicted molar refractivity (Wildman–Crippen MR) is 281 cm³/mol. The molecule has 77 heavy (non-hydrogen) atoms. The summed E-state index contributed by atoms with van der Waals surface area (Å²) in [6, 6.07) is -13.8. The number of rotatable bonds is 40. The van der Waals surface area contributed by atoms with Crippen molar-refractivity contribution in [3.05, 3.63) is 0 Å². The fraction of sp³-hybridized carbons (Fsp3) is 0.778. The predicted octanol–water partition coefficient (Wildman–Crippen LogP) is -5.96. The van der Waals surface area contributed by atoms with Crippen LogP contribution in [-0.4, -0.2) is 183 Å². The second-order valence-electron chi connectivity index (χ2n) is 19.1. The number of carboxylic acid groups (broad SMARTS) is 1. The molecule has 0 unspecified atom stereocenters. The number of guanidine groups is 1. The second-order valence-corrected chi connectivity index (χ2v) is 20.3. The van der Waals surface area contributed by atoms with E-state index in [1.54, 1.807) is 13.8 Å². The highest BCUT2D eigenvalue weighted by atomic mass is 31.2. The molecule has 444 valence electrons. The van der Waals surface area contributed by atoms with Crippen LogP contribution in [-0.2, 0) is 52.2 Å². The summed E-state index contributed by atoms with van der Waals surface area (Å²) in [4.78, 5) is 144. The summed E-state index contributed by atoms with van der Waals surface area (Å²) in [6.45, 7) is 8.64. The Kier molecular flexibility index (Phi) is 34.5. The summed E-state index contributed by atoms with van der Waals surface area (Å²) in [5.74, 6) is -9.98. The van der Waals surface area contributed by atoms with E-state index in [0.717, 1.165) is 13.8 Å². The van der Waals surface area contributed by atoms with Gasteiger partial charge in [0.1, 0.15) is 48.3 Å². The van der Waals surface area contributed by atoms with Crippen LogP contribution in [0.5, 0.6) is 0 Å². The molecule has 0 rings (SSSR count). The molecular formula is C45H88N15O16P. The highest BCUT2D eigenvalue weighted by Gasteiger charge is 2.39. The monoisotopic (exact) mass is 1130 g/mol. The molecule has 0 bridgehead atoms. The summed E-state index contributed by atoms with van der Waals surface area (Å²) < 4.78 is 16.5. The number of aliphatic hydroxyl groups excluding tert-OH is 2. The number of carbonyl (C=O) groups excluding carboxylic acids is 8. The first-order chi connectivity index (χ1) is 35.9. The Morgan fingerprint density at radius 3 is 1.29 bits per heavy atom. The maximum Gasteiger partial charge on any atom is 0.469 e. The van der Waals surface area contributed by atoms with Crippen molar-refractivity contribution in [3.8, 4) is 0 Å². The molecule has 25 N–H and O–H groups in total. The van der Waals surface area contributed by atoms with Gasteiger partial charge in [0.2, 0.25) is 47.3 Å². The zero-order valence-corrected chi connectivity index (χ0v) is 45.8. The van der Waals surface area contributed by atoms with Crippen molar-refractivity contribution < 1.29 is 77.3 Å². The number of unbranched alkanes of at least 4 members (excludes halogenated alkanes) is 3. The van der Waals surface area contributed by atoms with Crippen molar-refractivity contribution >= 4 is 67.0 Å². The van der Waals surface area contributed by atoms with Crippen molar-refractivity contribution in [3.63, 3.8) is 0 Å². The molecule has 0 saturated heterocycles. The third-order valence-electron chi connectivity index (χ3n) is 11.6. The minimum atomic E-state index is -5.34. The first kappa shape index (κ1) is 71.4. The largest absolute Gasteiger partial charge is 0.480 e. The SMILES string of the molecule is CC(C)C[C@H](NC(=O)[C@@H](NC(=O)[C@H](CCCN=C(N)N)NC(=O)[C@H](CCCCN)NC(=O)[C@H](CCCCN)NC(=O)[C@@H](NC(=O)[C@@H](NC(=O)[C@H](C)NC(=O)[C@@H](N)CCCCN)[C@@H](C)OP(=O)(O)O)[C@@H](C)O)[C@@H](C)O)C(=O)O. The third kappa shape index (κ3) is 29.6. The standard InChI is InChI=1S/C45H88N15O16P/c1-23(2)22-32(44(71)72)57-42(69)33(25(4)61)58-40(67)31(17-13-21-52-45(50)51)55-38(65)29(15-8-11-19-47)54-39(66)30(16-9-12-20-48)56-41(68)34(26(5)62)59-43(70)35(27(6)76-77(73,74)75)60-36(63)24(3)53-37(64)28(49)14-7-10-18-46/h23-35,61-62H,7-22,46-49H2,1-6H3,(H,53,64)(H,54,66)(H,55,65)(H,56,68)(H,57,69)(H,58,67)(H,59,70)(H,60,63)(H,71,72)(H4,50,51,52)(H2,73,74,75)/t24-,25+,26+,27+,28-,29-,30-,31-,32-,33-,34-,35-/m0/s1. The molecule has 31 nitrogen and oxygen atoms in total. The highest BCUT2D eigenvalue weighted by Crippen LogP contribution is 2.38. The number of nitrogens with two attached hydrogens (primary N) is 6. The number of aliphatic imine (C=N–C) groups is 1. The molecule has 0 saturated carbocycles. The van der Waals surface area contributed by atoms with Gasteiger partial charge in [-0.3, -0.25) is 47.9 Å². The lowest BCUT2D eigenvalue weighted by molar-refractivity contribution is -0.143. The number of aliphatic hydroxyl groups is 2. The lowest BCUT2D eigenvalue weighted by Gasteiger charge is -2.30. The summed E-state index contributed by atoms with van der Waals surface area (Å²) in [5.41, 5.74) is 33.7. The van der Waals surface area contributed by atoms with Crippen molar-refractivity contribution in [2.24, 2.45) is 45.3 Å². The quantitative estimate of drug-likeness (QED) is 0.0118. The Labute approximate surface area is 448 Å². The fourth-order valence-corrected chi connectivity index (χ4v) is 7.90. The van der Waals surface area contributed by atoms with E-state index in [4.69, 9.17) is 34.4 Å². The molecule has 0 fully saturated rings. The van der Waals surface area contributed by atoms with Gasteiger partial charge in [-0.2, -0.15) is 0 Å². The molecule has 0 aromatic carbocycles. The van der Waals surface area contributed by atoms with Gasteiger partial charge in [-0.15, -0.1) is 0 Å². The van der Waals surface area contributed by atoms with E-state index in [-0.39, 0.29) is 82.9 Å². The van der Waals surface area contributed by atoms with Crippen LogP contribution in [0, 0.1) is 5.92 Å². The van der Waals surface area contributed by atoms with Crippen molar-refractivity contribution in [2.45, 2.75) is 191 Å². The van der Waals surface area contributed by atoms with Gasteiger partial charge in [-0.25, -0.2) is 9.36 Å². The molecule has 0 aliphatic carbocycles.